The van der Waals surface area contributed by atoms with Gasteiger partial charge in [0.15, 0.2) is 0 Å². The van der Waals surface area contributed by atoms with E-state index in [1.54, 1.807) is 0 Å². The molecular formula is C19H26N2. The first-order valence-corrected chi connectivity index (χ1v) is 8.12. The van der Waals surface area contributed by atoms with Crippen molar-refractivity contribution in [2.45, 2.75) is 51.5 Å². The van der Waals surface area contributed by atoms with Crippen molar-refractivity contribution >= 4 is 0 Å². The predicted octanol–water partition coefficient (Wildman–Crippen LogP) is 4.84. The van der Waals surface area contributed by atoms with Crippen LogP contribution < -0.4 is 0 Å². The maximum absolute atomic E-state index is 4.27. The van der Waals surface area contributed by atoms with Crippen LogP contribution in [-0.2, 0) is 5.41 Å². The molecule has 0 amide bonds. The van der Waals surface area contributed by atoms with Gasteiger partial charge in [0.25, 0.3) is 0 Å². The third-order valence-electron chi connectivity index (χ3n) is 5.43. The second-order valence-corrected chi connectivity index (χ2v) is 7.19. The second-order valence-electron chi connectivity index (χ2n) is 7.19. The van der Waals surface area contributed by atoms with Crippen molar-refractivity contribution in [2.75, 3.05) is 0 Å². The minimum absolute atomic E-state index is 0.191. The van der Waals surface area contributed by atoms with Gasteiger partial charge in [-0.2, -0.15) is 0 Å². The maximum Gasteiger partial charge on any atom is 0.0948 e. The monoisotopic (exact) mass is 282 g/mol. The fraction of sp³-hybridized carbons (Fsp3) is 0.526. The van der Waals surface area contributed by atoms with Crippen LogP contribution in [0.4, 0.5) is 0 Å². The molecule has 0 saturated heterocycles. The highest BCUT2D eigenvalue weighted by molar-refractivity contribution is 5.25. The van der Waals surface area contributed by atoms with E-state index in [2.05, 4.69) is 66.9 Å². The van der Waals surface area contributed by atoms with Crippen molar-refractivity contribution in [3.8, 4) is 0 Å². The number of imidazole rings is 1. The van der Waals surface area contributed by atoms with Gasteiger partial charge in [0.2, 0.25) is 0 Å². The molecular weight excluding hydrogens is 256 g/mol. The molecule has 1 fully saturated rings. The average molecular weight is 282 g/mol. The van der Waals surface area contributed by atoms with Gasteiger partial charge in [-0.05, 0) is 35.7 Å². The van der Waals surface area contributed by atoms with Crippen LogP contribution in [0.15, 0.2) is 49.1 Å². The summed E-state index contributed by atoms with van der Waals surface area (Å²) in [5.41, 5.74) is 1.64. The van der Waals surface area contributed by atoms with Crippen molar-refractivity contribution in [1.29, 1.82) is 0 Å². The van der Waals surface area contributed by atoms with Gasteiger partial charge >= 0.3 is 0 Å². The first kappa shape index (κ1) is 14.4. The normalized spacial score (nSPS) is 26.7. The topological polar surface area (TPSA) is 17.8 Å². The summed E-state index contributed by atoms with van der Waals surface area (Å²) in [5, 5.41) is 0. The minimum atomic E-state index is 0.191. The third kappa shape index (κ3) is 2.76. The molecule has 0 bridgehead atoms. The Morgan fingerprint density at radius 2 is 1.90 bits per heavy atom. The Morgan fingerprint density at radius 3 is 2.57 bits per heavy atom. The molecule has 0 aliphatic heterocycles. The Bertz CT molecular complexity index is 557. The molecule has 1 aliphatic rings. The zero-order valence-corrected chi connectivity index (χ0v) is 13.4. The summed E-state index contributed by atoms with van der Waals surface area (Å²) < 4.78 is 2.34. The van der Waals surface area contributed by atoms with E-state index in [1.807, 2.05) is 12.5 Å². The van der Waals surface area contributed by atoms with Crippen LogP contribution >= 0.6 is 0 Å². The molecule has 2 nitrogen and oxygen atoms in total. The first-order valence-electron chi connectivity index (χ1n) is 8.12. The standard InChI is InChI=1S/C19H26N2/c1-15-9-10-17(18(13-15)21-12-11-20-14-21)19(2,3)16-7-5-4-6-8-16/h4-8,11-12,14-15,17-18H,9-10,13H2,1-3H3/t15-,17-,18-/m1/s1. The summed E-state index contributed by atoms with van der Waals surface area (Å²) in [5.74, 6) is 1.46. The molecule has 0 unspecified atom stereocenters. The lowest BCUT2D eigenvalue weighted by molar-refractivity contribution is 0.125. The Balaban J connectivity index is 1.94. The van der Waals surface area contributed by atoms with Gasteiger partial charge in [0.1, 0.15) is 0 Å². The first-order chi connectivity index (χ1) is 10.1. The van der Waals surface area contributed by atoms with Gasteiger partial charge < -0.3 is 4.57 Å². The SMILES string of the molecule is C[C@@H]1CC[C@@H](C(C)(C)c2ccccc2)[C@H](n2ccnc2)C1. The molecule has 0 radical (unpaired) electrons. The third-order valence-corrected chi connectivity index (χ3v) is 5.43. The highest BCUT2D eigenvalue weighted by Gasteiger charge is 2.40. The molecule has 1 saturated carbocycles. The molecule has 1 aliphatic carbocycles. The van der Waals surface area contributed by atoms with E-state index < -0.39 is 0 Å². The van der Waals surface area contributed by atoms with Crippen LogP contribution in [0.3, 0.4) is 0 Å². The Hall–Kier alpha value is -1.57. The average Bonchev–Trinajstić information content (AvgIpc) is 3.02. The van der Waals surface area contributed by atoms with Crippen LogP contribution in [0.2, 0.25) is 0 Å². The van der Waals surface area contributed by atoms with Crippen molar-refractivity contribution in [1.82, 2.24) is 9.55 Å². The molecule has 1 aromatic carbocycles. The van der Waals surface area contributed by atoms with E-state index in [0.717, 1.165) is 5.92 Å². The van der Waals surface area contributed by atoms with E-state index in [9.17, 15) is 0 Å². The fourth-order valence-electron chi connectivity index (χ4n) is 4.07. The fourth-order valence-corrected chi connectivity index (χ4v) is 4.07. The quantitative estimate of drug-likeness (QED) is 0.787. The van der Waals surface area contributed by atoms with Gasteiger partial charge in [-0.15, -0.1) is 0 Å². The number of hydrogen-bond acceptors (Lipinski definition) is 1. The van der Waals surface area contributed by atoms with Crippen LogP contribution in [0, 0.1) is 11.8 Å². The number of hydrogen-bond donors (Lipinski definition) is 0. The van der Waals surface area contributed by atoms with Gasteiger partial charge in [-0.25, -0.2) is 4.98 Å². The molecule has 3 atom stereocenters. The van der Waals surface area contributed by atoms with E-state index in [1.165, 1.54) is 24.8 Å². The van der Waals surface area contributed by atoms with Crippen molar-refractivity contribution in [3.63, 3.8) is 0 Å². The summed E-state index contributed by atoms with van der Waals surface area (Å²) >= 11 is 0. The number of nitrogens with zero attached hydrogens (tertiary/aromatic N) is 2. The Morgan fingerprint density at radius 1 is 1.14 bits per heavy atom. The molecule has 0 N–H and O–H groups in total. The largest absolute Gasteiger partial charge is 0.334 e. The molecule has 2 aromatic rings. The molecule has 1 aromatic heterocycles. The minimum Gasteiger partial charge on any atom is -0.334 e. The summed E-state index contributed by atoms with van der Waals surface area (Å²) in [7, 11) is 0. The van der Waals surface area contributed by atoms with Crippen LogP contribution in [-0.4, -0.2) is 9.55 Å². The van der Waals surface area contributed by atoms with Crippen LogP contribution in [0.5, 0.6) is 0 Å². The Kier molecular flexibility index (Phi) is 3.88. The number of rotatable bonds is 3. The molecule has 0 spiro atoms. The van der Waals surface area contributed by atoms with Crippen molar-refractivity contribution in [3.05, 3.63) is 54.6 Å². The molecule has 112 valence electrons. The lowest BCUT2D eigenvalue weighted by Gasteiger charge is -2.45. The lowest BCUT2D eigenvalue weighted by atomic mass is 9.63. The van der Waals surface area contributed by atoms with Gasteiger partial charge in [0, 0.05) is 18.4 Å². The molecule has 1 heterocycles. The summed E-state index contributed by atoms with van der Waals surface area (Å²) in [6.07, 6.45) is 9.94. The predicted molar refractivity (Wildman–Crippen MR) is 87.2 cm³/mol. The second kappa shape index (κ2) is 5.67. The molecule has 3 rings (SSSR count). The highest BCUT2D eigenvalue weighted by Crippen LogP contribution is 2.47. The smallest absolute Gasteiger partial charge is 0.0948 e. The summed E-state index contributed by atoms with van der Waals surface area (Å²) in [6.45, 7) is 7.20. The van der Waals surface area contributed by atoms with Gasteiger partial charge in [0.05, 0.1) is 6.33 Å². The Labute approximate surface area is 128 Å². The number of aromatic nitrogens is 2. The zero-order valence-electron chi connectivity index (χ0n) is 13.4. The summed E-state index contributed by atoms with van der Waals surface area (Å²) in [6, 6.07) is 11.6. The van der Waals surface area contributed by atoms with Crippen LogP contribution in [0.25, 0.3) is 0 Å². The highest BCUT2D eigenvalue weighted by atomic mass is 15.1. The van der Waals surface area contributed by atoms with Crippen molar-refractivity contribution < 1.29 is 0 Å². The van der Waals surface area contributed by atoms with Crippen molar-refractivity contribution in [2.24, 2.45) is 11.8 Å². The van der Waals surface area contributed by atoms with Crippen LogP contribution in [0.1, 0.15) is 51.6 Å². The number of benzene rings is 1. The van der Waals surface area contributed by atoms with E-state index >= 15 is 0 Å². The van der Waals surface area contributed by atoms with Gasteiger partial charge in [-0.3, -0.25) is 0 Å². The lowest BCUT2D eigenvalue weighted by Crippen LogP contribution is -2.39. The van der Waals surface area contributed by atoms with Gasteiger partial charge in [-0.1, -0.05) is 57.5 Å². The molecule has 21 heavy (non-hydrogen) atoms. The maximum atomic E-state index is 4.27. The zero-order chi connectivity index (χ0) is 14.9. The van der Waals surface area contributed by atoms with E-state index in [-0.39, 0.29) is 5.41 Å². The van der Waals surface area contributed by atoms with E-state index in [4.69, 9.17) is 0 Å². The molecule has 2 heteroatoms. The summed E-state index contributed by atoms with van der Waals surface area (Å²) in [4.78, 5) is 4.27. The van der Waals surface area contributed by atoms with E-state index in [0.29, 0.717) is 12.0 Å².